The van der Waals surface area contributed by atoms with Gasteiger partial charge in [-0.15, -0.1) is 0 Å². The molecule has 0 aliphatic heterocycles. The number of H-pyrrole nitrogens is 1. The van der Waals surface area contributed by atoms with Crippen LogP contribution < -0.4 is 15.4 Å². The van der Waals surface area contributed by atoms with Gasteiger partial charge in [0.05, 0.1) is 24.7 Å². The number of alkyl halides is 3. The van der Waals surface area contributed by atoms with Crippen molar-refractivity contribution in [2.24, 2.45) is 0 Å². The fourth-order valence-corrected chi connectivity index (χ4v) is 3.71. The molecule has 5 rings (SSSR count). The molecule has 0 atom stereocenters. The van der Waals surface area contributed by atoms with Crippen molar-refractivity contribution < 1.29 is 22.7 Å². The summed E-state index contributed by atoms with van der Waals surface area (Å²) in [4.78, 5) is 32.8. The maximum absolute atomic E-state index is 13.0. The number of nitrogens with zero attached hydrogens (tertiary/aromatic N) is 4. The summed E-state index contributed by atoms with van der Waals surface area (Å²) in [5, 5.41) is 5.81. The first-order valence-electron chi connectivity index (χ1n) is 10.9. The smallest absolute Gasteiger partial charge is 0.416 e. The van der Waals surface area contributed by atoms with Gasteiger partial charge in [0.15, 0.2) is 5.65 Å². The lowest BCUT2D eigenvalue weighted by Crippen LogP contribution is -2.14. The maximum Gasteiger partial charge on any atom is 0.416 e. The molecule has 0 fully saturated rings. The number of rotatable bonds is 6. The number of benzene rings is 2. The number of pyridine rings is 1. The number of aromatic nitrogens is 5. The summed E-state index contributed by atoms with van der Waals surface area (Å²) in [5.41, 5.74) is 2.30. The number of hydrogen-bond donors (Lipinski definition) is 3. The Kier molecular flexibility index (Phi) is 6.14. The number of anilines is 3. The molecule has 12 heteroatoms. The highest BCUT2D eigenvalue weighted by molar-refractivity contribution is 6.05. The summed E-state index contributed by atoms with van der Waals surface area (Å²) < 4.78 is 44.5. The van der Waals surface area contributed by atoms with Crippen LogP contribution in [0.15, 0.2) is 73.4 Å². The van der Waals surface area contributed by atoms with Crippen LogP contribution >= 0.6 is 0 Å². The van der Waals surface area contributed by atoms with Gasteiger partial charge in [0.2, 0.25) is 0 Å². The first kappa shape index (κ1) is 23.7. The van der Waals surface area contributed by atoms with Crippen LogP contribution in [0.3, 0.4) is 0 Å². The molecule has 1 amide bonds. The second-order valence-electron chi connectivity index (χ2n) is 7.80. The molecule has 0 unspecified atom stereocenters. The second kappa shape index (κ2) is 9.57. The van der Waals surface area contributed by atoms with Crippen molar-refractivity contribution in [2.45, 2.75) is 6.18 Å². The number of carbonyl (C=O) groups excluding carboxylic acids is 1. The van der Waals surface area contributed by atoms with Crippen molar-refractivity contribution >= 4 is 34.3 Å². The van der Waals surface area contributed by atoms with Gasteiger partial charge in [-0.05, 0) is 42.5 Å². The van der Waals surface area contributed by atoms with E-state index in [4.69, 9.17) is 4.74 Å². The van der Waals surface area contributed by atoms with Crippen molar-refractivity contribution in [3.63, 3.8) is 0 Å². The molecule has 0 spiro atoms. The summed E-state index contributed by atoms with van der Waals surface area (Å²) in [5.74, 6) is 0.0881. The molecule has 0 bridgehead atoms. The predicted octanol–water partition coefficient (Wildman–Crippen LogP) is 5.44. The minimum atomic E-state index is -4.55. The molecule has 9 nitrogen and oxygen atoms in total. The molecule has 3 N–H and O–H groups in total. The zero-order chi connectivity index (χ0) is 26.0. The fourth-order valence-electron chi connectivity index (χ4n) is 3.71. The van der Waals surface area contributed by atoms with Crippen molar-refractivity contribution in [1.29, 1.82) is 0 Å². The van der Waals surface area contributed by atoms with Gasteiger partial charge in [-0.2, -0.15) is 13.2 Å². The number of halogens is 3. The summed E-state index contributed by atoms with van der Waals surface area (Å²) in [7, 11) is 1.42. The molecule has 0 saturated carbocycles. The lowest BCUT2D eigenvalue weighted by Gasteiger charge is -2.15. The molecular weight excluding hydrogens is 487 g/mol. The molecule has 5 aromatic rings. The van der Waals surface area contributed by atoms with Gasteiger partial charge in [-0.25, -0.2) is 19.9 Å². The van der Waals surface area contributed by atoms with Crippen LogP contribution in [0, 0.1) is 0 Å². The van der Waals surface area contributed by atoms with E-state index < -0.39 is 17.6 Å². The lowest BCUT2D eigenvalue weighted by atomic mass is 10.1. The van der Waals surface area contributed by atoms with E-state index >= 15 is 0 Å². The van der Waals surface area contributed by atoms with E-state index in [2.05, 4.69) is 35.6 Å². The first-order chi connectivity index (χ1) is 17.8. The third-order valence-electron chi connectivity index (χ3n) is 5.45. The van der Waals surface area contributed by atoms with Gasteiger partial charge >= 0.3 is 6.18 Å². The highest BCUT2D eigenvalue weighted by atomic mass is 19.4. The van der Waals surface area contributed by atoms with Gasteiger partial charge in [0.1, 0.15) is 29.1 Å². The topological polar surface area (TPSA) is 118 Å². The van der Waals surface area contributed by atoms with Crippen molar-refractivity contribution in [2.75, 3.05) is 17.7 Å². The molecule has 0 saturated heterocycles. The summed E-state index contributed by atoms with van der Waals surface area (Å²) >= 11 is 0. The van der Waals surface area contributed by atoms with Gasteiger partial charge in [0, 0.05) is 29.1 Å². The third kappa shape index (κ3) is 4.89. The number of hydrogen-bond acceptors (Lipinski definition) is 7. The molecule has 37 heavy (non-hydrogen) atoms. The lowest BCUT2D eigenvalue weighted by molar-refractivity contribution is -0.137. The van der Waals surface area contributed by atoms with E-state index in [1.165, 1.54) is 31.9 Å². The highest BCUT2D eigenvalue weighted by Gasteiger charge is 2.31. The zero-order valence-electron chi connectivity index (χ0n) is 19.2. The van der Waals surface area contributed by atoms with Gasteiger partial charge in [-0.1, -0.05) is 6.07 Å². The molecule has 0 aliphatic rings. The Balaban J connectivity index is 1.41. The van der Waals surface area contributed by atoms with Crippen LogP contribution in [-0.4, -0.2) is 37.9 Å². The van der Waals surface area contributed by atoms with Crippen molar-refractivity contribution in [3.8, 4) is 17.0 Å². The minimum Gasteiger partial charge on any atom is -0.494 e. The Bertz CT molecular complexity index is 1600. The van der Waals surface area contributed by atoms with E-state index in [-0.39, 0.29) is 11.3 Å². The Hall–Kier alpha value is -5.00. The van der Waals surface area contributed by atoms with E-state index in [0.717, 1.165) is 12.1 Å². The maximum atomic E-state index is 13.0. The van der Waals surface area contributed by atoms with Crippen molar-refractivity contribution in [1.82, 2.24) is 24.9 Å². The molecular formula is C25H18F3N7O2. The molecule has 2 aromatic carbocycles. The number of aromatic amines is 1. The third-order valence-corrected chi connectivity index (χ3v) is 5.45. The number of amides is 1. The number of fused-ring (bicyclic) bond motifs is 1. The number of ether oxygens (including phenoxy) is 1. The number of carbonyl (C=O) groups is 1. The number of nitrogens with one attached hydrogen (secondary N) is 3. The average Bonchev–Trinajstić information content (AvgIpc) is 3.39. The number of methoxy groups -OCH3 is 1. The monoisotopic (exact) mass is 505 g/mol. The van der Waals surface area contributed by atoms with Gasteiger partial charge < -0.3 is 20.4 Å². The van der Waals surface area contributed by atoms with E-state index in [1.807, 2.05) is 6.07 Å². The van der Waals surface area contributed by atoms with E-state index in [1.54, 1.807) is 30.5 Å². The Labute approximate surface area is 207 Å². The van der Waals surface area contributed by atoms with Crippen LogP contribution in [0.5, 0.6) is 5.75 Å². The Morgan fingerprint density at radius 2 is 1.86 bits per heavy atom. The van der Waals surface area contributed by atoms with Crippen LogP contribution in [0.4, 0.5) is 30.4 Å². The van der Waals surface area contributed by atoms with Gasteiger partial charge in [0.25, 0.3) is 5.91 Å². The highest BCUT2D eigenvalue weighted by Crippen LogP contribution is 2.34. The molecule has 0 aliphatic carbocycles. The molecule has 3 heterocycles. The van der Waals surface area contributed by atoms with E-state index in [0.29, 0.717) is 39.7 Å². The summed E-state index contributed by atoms with van der Waals surface area (Å²) in [6.07, 6.45) is 0.0163. The van der Waals surface area contributed by atoms with Crippen LogP contribution in [-0.2, 0) is 6.18 Å². The Morgan fingerprint density at radius 1 is 1.00 bits per heavy atom. The Morgan fingerprint density at radius 3 is 2.68 bits per heavy atom. The van der Waals surface area contributed by atoms with E-state index in [9.17, 15) is 18.0 Å². The average molecular weight is 505 g/mol. The second-order valence-corrected chi connectivity index (χ2v) is 7.80. The van der Waals surface area contributed by atoms with Crippen LogP contribution in [0.25, 0.3) is 22.4 Å². The fraction of sp³-hybridized carbons (Fsp3) is 0.0800. The quantitative estimate of drug-likeness (QED) is 0.281. The first-order valence-corrected chi connectivity index (χ1v) is 10.9. The normalized spacial score (nSPS) is 11.4. The standard InChI is InChI=1S/C25H18F3N7O2/c1-37-19-11-16(7-8-18(19)35-24(36)14-4-2-5-15(10-14)25(26,27)28)34-22-17(6-3-9-29-22)20-21-23(32-12-30-20)33-13-31-21/h2-13H,1H3,(H,29,34)(H,35,36)(H,30,31,32,33). The summed E-state index contributed by atoms with van der Waals surface area (Å²) in [6, 6.07) is 12.7. The molecule has 186 valence electrons. The van der Waals surface area contributed by atoms with Crippen LogP contribution in [0.2, 0.25) is 0 Å². The van der Waals surface area contributed by atoms with Crippen LogP contribution in [0.1, 0.15) is 15.9 Å². The van der Waals surface area contributed by atoms with Crippen molar-refractivity contribution in [3.05, 3.63) is 84.6 Å². The summed E-state index contributed by atoms with van der Waals surface area (Å²) in [6.45, 7) is 0. The number of imidazole rings is 1. The molecule has 3 aromatic heterocycles. The van der Waals surface area contributed by atoms with Gasteiger partial charge in [-0.3, -0.25) is 4.79 Å². The SMILES string of the molecule is COc1cc(Nc2ncccc2-c2ncnc3nc[nH]c23)ccc1NC(=O)c1cccc(C(F)(F)F)c1. The predicted molar refractivity (Wildman–Crippen MR) is 131 cm³/mol. The largest absolute Gasteiger partial charge is 0.494 e. The molecule has 0 radical (unpaired) electrons. The zero-order valence-corrected chi connectivity index (χ0v) is 19.2. The minimum absolute atomic E-state index is 0.132.